The van der Waals surface area contributed by atoms with Gasteiger partial charge in [0.2, 0.25) is 5.91 Å². The van der Waals surface area contributed by atoms with Crippen molar-refractivity contribution in [3.63, 3.8) is 0 Å². The van der Waals surface area contributed by atoms with Crippen LogP contribution in [0.25, 0.3) is 5.70 Å². The highest BCUT2D eigenvalue weighted by molar-refractivity contribution is 5.95. The Morgan fingerprint density at radius 1 is 0.821 bits per heavy atom. The summed E-state index contributed by atoms with van der Waals surface area (Å²) >= 11 is 0. The molecule has 1 amide bonds. The first kappa shape index (κ1) is 19.4. The van der Waals surface area contributed by atoms with Crippen molar-refractivity contribution in [3.05, 3.63) is 108 Å². The van der Waals surface area contributed by atoms with E-state index in [1.807, 2.05) is 67.6 Å². The van der Waals surface area contributed by atoms with Crippen molar-refractivity contribution in [1.29, 1.82) is 0 Å². The predicted octanol–water partition coefficient (Wildman–Crippen LogP) is 4.65. The molecule has 0 bridgehead atoms. The SMILES string of the molecule is C[C@H](NC(=O)/C=C(/N[C@@H](C)c1ccccc1)c1cccnc1)c1ccccc1. The summed E-state index contributed by atoms with van der Waals surface area (Å²) in [5.41, 5.74) is 3.82. The van der Waals surface area contributed by atoms with Crippen molar-refractivity contribution in [2.75, 3.05) is 0 Å². The summed E-state index contributed by atoms with van der Waals surface area (Å²) in [6.07, 6.45) is 5.08. The molecule has 3 aromatic rings. The van der Waals surface area contributed by atoms with Gasteiger partial charge < -0.3 is 10.6 Å². The molecule has 2 atom stereocenters. The first-order chi connectivity index (χ1) is 13.6. The second-order valence-corrected chi connectivity index (χ2v) is 6.72. The van der Waals surface area contributed by atoms with Crippen LogP contribution in [-0.4, -0.2) is 10.9 Å². The maximum Gasteiger partial charge on any atom is 0.246 e. The van der Waals surface area contributed by atoms with Crippen LogP contribution in [0.5, 0.6) is 0 Å². The van der Waals surface area contributed by atoms with E-state index in [9.17, 15) is 4.79 Å². The molecule has 0 aliphatic rings. The molecular formula is C24H25N3O. The van der Waals surface area contributed by atoms with Gasteiger partial charge in [-0.25, -0.2) is 0 Å². The van der Waals surface area contributed by atoms with E-state index in [-0.39, 0.29) is 18.0 Å². The van der Waals surface area contributed by atoms with Crippen LogP contribution in [0.4, 0.5) is 0 Å². The molecule has 142 valence electrons. The Labute approximate surface area is 166 Å². The Balaban J connectivity index is 1.79. The molecule has 0 unspecified atom stereocenters. The third-order valence-electron chi connectivity index (χ3n) is 4.58. The number of amides is 1. The van der Waals surface area contributed by atoms with Crippen LogP contribution >= 0.6 is 0 Å². The zero-order valence-corrected chi connectivity index (χ0v) is 16.2. The Morgan fingerprint density at radius 2 is 1.39 bits per heavy atom. The maximum absolute atomic E-state index is 12.7. The van der Waals surface area contributed by atoms with E-state index >= 15 is 0 Å². The molecule has 4 nitrogen and oxygen atoms in total. The third-order valence-corrected chi connectivity index (χ3v) is 4.58. The number of carbonyl (C=O) groups is 1. The van der Waals surface area contributed by atoms with Crippen molar-refractivity contribution in [2.24, 2.45) is 0 Å². The molecule has 1 aromatic heterocycles. The minimum Gasteiger partial charge on any atom is -0.378 e. The zero-order chi connectivity index (χ0) is 19.8. The molecule has 0 saturated heterocycles. The molecule has 28 heavy (non-hydrogen) atoms. The molecule has 2 aromatic carbocycles. The molecular weight excluding hydrogens is 346 g/mol. The lowest BCUT2D eigenvalue weighted by molar-refractivity contribution is -0.117. The fourth-order valence-corrected chi connectivity index (χ4v) is 3.00. The lowest BCUT2D eigenvalue weighted by atomic mass is 10.1. The molecule has 0 radical (unpaired) electrons. The molecule has 3 rings (SSSR count). The largest absolute Gasteiger partial charge is 0.378 e. The average Bonchev–Trinajstić information content (AvgIpc) is 2.75. The first-order valence-corrected chi connectivity index (χ1v) is 9.42. The Bertz CT molecular complexity index is 908. The second-order valence-electron chi connectivity index (χ2n) is 6.72. The summed E-state index contributed by atoms with van der Waals surface area (Å²) in [5.74, 6) is -0.150. The van der Waals surface area contributed by atoms with E-state index in [0.29, 0.717) is 0 Å². The first-order valence-electron chi connectivity index (χ1n) is 9.42. The monoisotopic (exact) mass is 371 g/mol. The number of carbonyl (C=O) groups excluding carboxylic acids is 1. The number of benzene rings is 2. The molecule has 0 spiro atoms. The summed E-state index contributed by atoms with van der Waals surface area (Å²) < 4.78 is 0. The fraction of sp³-hybridized carbons (Fsp3) is 0.167. The molecule has 4 heteroatoms. The quantitative estimate of drug-likeness (QED) is 0.595. The molecule has 0 aliphatic carbocycles. The lowest BCUT2D eigenvalue weighted by Crippen LogP contribution is -2.26. The number of rotatable bonds is 7. The predicted molar refractivity (Wildman–Crippen MR) is 113 cm³/mol. The van der Waals surface area contributed by atoms with Crippen molar-refractivity contribution < 1.29 is 4.79 Å². The molecule has 0 fully saturated rings. The smallest absolute Gasteiger partial charge is 0.246 e. The summed E-state index contributed by atoms with van der Waals surface area (Å²) in [6, 6.07) is 23.8. The third kappa shape index (κ3) is 5.30. The zero-order valence-electron chi connectivity index (χ0n) is 16.2. The van der Waals surface area contributed by atoms with Gasteiger partial charge in [-0.3, -0.25) is 9.78 Å². The number of aromatic nitrogens is 1. The van der Waals surface area contributed by atoms with Gasteiger partial charge in [-0.15, -0.1) is 0 Å². The summed E-state index contributed by atoms with van der Waals surface area (Å²) in [4.78, 5) is 16.9. The Hall–Kier alpha value is -3.40. The van der Waals surface area contributed by atoms with Crippen molar-refractivity contribution in [2.45, 2.75) is 25.9 Å². The second kappa shape index (κ2) is 9.51. The van der Waals surface area contributed by atoms with Gasteiger partial charge in [-0.05, 0) is 37.1 Å². The highest BCUT2D eigenvalue weighted by Crippen LogP contribution is 2.19. The normalized spacial score (nSPS) is 13.4. The molecule has 2 N–H and O–H groups in total. The van der Waals surface area contributed by atoms with Gasteiger partial charge in [0, 0.05) is 35.8 Å². The van der Waals surface area contributed by atoms with E-state index in [4.69, 9.17) is 0 Å². The van der Waals surface area contributed by atoms with Crippen molar-refractivity contribution in [3.8, 4) is 0 Å². The van der Waals surface area contributed by atoms with Crippen molar-refractivity contribution in [1.82, 2.24) is 15.6 Å². The van der Waals surface area contributed by atoms with Gasteiger partial charge >= 0.3 is 0 Å². The topological polar surface area (TPSA) is 54.0 Å². The van der Waals surface area contributed by atoms with E-state index in [2.05, 4.69) is 34.7 Å². The number of hydrogen-bond donors (Lipinski definition) is 2. The van der Waals surface area contributed by atoms with Crippen LogP contribution in [0.15, 0.2) is 91.3 Å². The van der Waals surface area contributed by atoms with Crippen LogP contribution in [0.1, 0.15) is 42.6 Å². The van der Waals surface area contributed by atoms with E-state index in [0.717, 1.165) is 22.4 Å². The molecule has 1 heterocycles. The van der Waals surface area contributed by atoms with Gasteiger partial charge in [-0.2, -0.15) is 0 Å². The van der Waals surface area contributed by atoms with E-state index < -0.39 is 0 Å². The maximum atomic E-state index is 12.7. The number of hydrogen-bond acceptors (Lipinski definition) is 3. The standard InChI is InChI=1S/C24H25N3O/c1-18(20-10-5-3-6-11-20)26-23(22-14-9-15-25-17-22)16-24(28)27-19(2)21-12-7-4-8-13-21/h3-19,26H,1-2H3,(H,27,28)/b23-16+/t18-,19-/m0/s1. The number of nitrogens with one attached hydrogen (secondary N) is 2. The van der Waals surface area contributed by atoms with Crippen molar-refractivity contribution >= 4 is 11.6 Å². The Kier molecular flexibility index (Phi) is 6.58. The molecule has 0 aliphatic heterocycles. The molecule has 0 saturated carbocycles. The lowest BCUT2D eigenvalue weighted by Gasteiger charge is -2.19. The summed E-state index contributed by atoms with van der Waals surface area (Å²) in [7, 11) is 0. The van der Waals surface area contributed by atoms with Crippen LogP contribution in [0.3, 0.4) is 0 Å². The summed E-state index contributed by atoms with van der Waals surface area (Å²) in [5, 5.41) is 6.49. The van der Waals surface area contributed by atoms with Crippen LogP contribution in [0, 0.1) is 0 Å². The highest BCUT2D eigenvalue weighted by Gasteiger charge is 2.12. The van der Waals surface area contributed by atoms with E-state index in [1.165, 1.54) is 0 Å². The minimum absolute atomic E-state index is 0.0482. The van der Waals surface area contributed by atoms with Crippen LogP contribution in [-0.2, 0) is 4.79 Å². The van der Waals surface area contributed by atoms with Gasteiger partial charge in [0.05, 0.1) is 6.04 Å². The van der Waals surface area contributed by atoms with Gasteiger partial charge in [0.25, 0.3) is 0 Å². The van der Waals surface area contributed by atoms with Crippen LogP contribution < -0.4 is 10.6 Å². The van der Waals surface area contributed by atoms with Gasteiger partial charge in [0.15, 0.2) is 0 Å². The van der Waals surface area contributed by atoms with Gasteiger partial charge in [0.1, 0.15) is 0 Å². The van der Waals surface area contributed by atoms with Gasteiger partial charge in [-0.1, -0.05) is 60.7 Å². The number of nitrogens with zero attached hydrogens (tertiary/aromatic N) is 1. The fourth-order valence-electron chi connectivity index (χ4n) is 3.00. The van der Waals surface area contributed by atoms with E-state index in [1.54, 1.807) is 18.5 Å². The minimum atomic E-state index is -0.150. The average molecular weight is 371 g/mol. The Morgan fingerprint density at radius 3 is 1.93 bits per heavy atom. The van der Waals surface area contributed by atoms with Crippen LogP contribution in [0.2, 0.25) is 0 Å². The summed E-state index contributed by atoms with van der Waals surface area (Å²) in [6.45, 7) is 4.05. The number of pyridine rings is 1. The highest BCUT2D eigenvalue weighted by atomic mass is 16.1.